The minimum Gasteiger partial charge on any atom is -0.496 e. The zero-order valence-corrected chi connectivity index (χ0v) is 18.2. The van der Waals surface area contributed by atoms with Gasteiger partial charge in [-0.15, -0.1) is 0 Å². The summed E-state index contributed by atoms with van der Waals surface area (Å²) in [5.74, 6) is 1.04. The Bertz CT molecular complexity index is 1070. The SMILES string of the molecule is COc1cc(N2C[C@@H]3C[C@H]2CN3)c2c(c1C(=O)/C=C/c1ccccc1)OC(C)(C)C=C2. The van der Waals surface area contributed by atoms with E-state index in [0.29, 0.717) is 29.1 Å². The van der Waals surface area contributed by atoms with Crippen molar-refractivity contribution < 1.29 is 14.3 Å². The third kappa shape index (κ3) is 3.63. The zero-order valence-electron chi connectivity index (χ0n) is 18.2. The first-order chi connectivity index (χ1) is 14.9. The molecule has 0 aliphatic carbocycles. The minimum atomic E-state index is -0.500. The van der Waals surface area contributed by atoms with Crippen LogP contribution in [0.1, 0.15) is 41.8 Å². The number of nitrogens with zero attached hydrogens (tertiary/aromatic N) is 1. The van der Waals surface area contributed by atoms with Gasteiger partial charge in [0.15, 0.2) is 5.78 Å². The third-order valence-corrected chi connectivity index (χ3v) is 6.34. The van der Waals surface area contributed by atoms with Crippen LogP contribution < -0.4 is 19.7 Å². The van der Waals surface area contributed by atoms with Crippen molar-refractivity contribution in [2.75, 3.05) is 25.1 Å². The Kier molecular flexibility index (Phi) is 4.86. The fraction of sp³-hybridized carbons (Fsp3) is 0.346. The van der Waals surface area contributed by atoms with Gasteiger partial charge in [-0.05, 0) is 44.1 Å². The van der Waals surface area contributed by atoms with E-state index in [-0.39, 0.29) is 5.78 Å². The minimum absolute atomic E-state index is 0.126. The van der Waals surface area contributed by atoms with Crippen LogP contribution in [0.4, 0.5) is 5.69 Å². The molecule has 0 spiro atoms. The highest BCUT2D eigenvalue weighted by Gasteiger charge is 2.40. The highest BCUT2D eigenvalue weighted by atomic mass is 16.5. The summed E-state index contributed by atoms with van der Waals surface area (Å²) in [4.78, 5) is 15.8. The fourth-order valence-electron chi connectivity index (χ4n) is 4.79. The van der Waals surface area contributed by atoms with E-state index >= 15 is 0 Å². The van der Waals surface area contributed by atoms with Crippen molar-refractivity contribution >= 4 is 23.6 Å². The maximum Gasteiger partial charge on any atom is 0.193 e. The number of fused-ring (bicyclic) bond motifs is 3. The van der Waals surface area contributed by atoms with Crippen molar-refractivity contribution in [2.24, 2.45) is 0 Å². The molecular weight excluding hydrogens is 388 g/mol. The number of carbonyl (C=O) groups is 1. The molecule has 0 unspecified atom stereocenters. The first kappa shape index (κ1) is 19.9. The third-order valence-electron chi connectivity index (χ3n) is 6.34. The molecule has 3 heterocycles. The standard InChI is InChI=1S/C26H28N2O3/c1-26(2)12-11-20-21(28-16-18-13-19(28)15-27-18)14-23(30-3)24(25(20)31-26)22(29)10-9-17-7-5-4-6-8-17/h4-12,14,18-19,27H,13,15-16H2,1-3H3/b10-9+/t18-,19-/m0/s1. The number of hydrogen-bond acceptors (Lipinski definition) is 5. The van der Waals surface area contributed by atoms with E-state index in [1.54, 1.807) is 13.2 Å². The summed E-state index contributed by atoms with van der Waals surface area (Å²) in [6.45, 7) is 5.94. The molecule has 2 aromatic carbocycles. The number of piperazine rings is 1. The molecule has 160 valence electrons. The molecule has 2 bridgehead atoms. The summed E-state index contributed by atoms with van der Waals surface area (Å²) in [7, 11) is 1.62. The number of ether oxygens (including phenoxy) is 2. The van der Waals surface area contributed by atoms with Gasteiger partial charge in [0, 0.05) is 36.8 Å². The lowest BCUT2D eigenvalue weighted by atomic mass is 9.94. The van der Waals surface area contributed by atoms with Gasteiger partial charge in [-0.3, -0.25) is 4.79 Å². The molecule has 2 atom stereocenters. The van der Waals surface area contributed by atoms with E-state index in [9.17, 15) is 4.79 Å². The molecule has 2 aromatic rings. The highest BCUT2D eigenvalue weighted by Crippen LogP contribution is 2.46. The lowest BCUT2D eigenvalue weighted by molar-refractivity contribution is 0.103. The summed E-state index contributed by atoms with van der Waals surface area (Å²) in [6, 6.07) is 12.8. The van der Waals surface area contributed by atoms with Crippen LogP contribution in [0, 0.1) is 0 Å². The number of rotatable bonds is 5. The van der Waals surface area contributed by atoms with Crippen LogP contribution in [0.25, 0.3) is 12.2 Å². The molecule has 5 heteroatoms. The second kappa shape index (κ2) is 7.57. The average molecular weight is 417 g/mol. The molecule has 5 rings (SSSR count). The monoisotopic (exact) mass is 416 g/mol. The van der Waals surface area contributed by atoms with Crippen LogP contribution in [-0.2, 0) is 0 Å². The van der Waals surface area contributed by atoms with Gasteiger partial charge in [0.25, 0.3) is 0 Å². The van der Waals surface area contributed by atoms with E-state index in [4.69, 9.17) is 9.47 Å². The molecule has 2 fully saturated rings. The molecule has 1 N–H and O–H groups in total. The van der Waals surface area contributed by atoms with Gasteiger partial charge >= 0.3 is 0 Å². The fourth-order valence-corrected chi connectivity index (χ4v) is 4.79. The molecule has 0 aromatic heterocycles. The van der Waals surface area contributed by atoms with Crippen LogP contribution in [-0.4, -0.2) is 43.7 Å². The zero-order chi connectivity index (χ0) is 21.6. The van der Waals surface area contributed by atoms with E-state index in [2.05, 4.69) is 22.4 Å². The van der Waals surface area contributed by atoms with E-state index in [0.717, 1.165) is 36.3 Å². The van der Waals surface area contributed by atoms with E-state index in [1.807, 2.05) is 56.3 Å². The number of carbonyl (C=O) groups excluding carboxylic acids is 1. The van der Waals surface area contributed by atoms with E-state index < -0.39 is 5.60 Å². The van der Waals surface area contributed by atoms with Gasteiger partial charge in [0.2, 0.25) is 0 Å². The van der Waals surface area contributed by atoms with Crippen LogP contribution in [0.3, 0.4) is 0 Å². The quantitative estimate of drug-likeness (QED) is 0.581. The number of benzene rings is 2. The molecule has 5 nitrogen and oxygen atoms in total. The van der Waals surface area contributed by atoms with Gasteiger partial charge in [-0.2, -0.15) is 0 Å². The van der Waals surface area contributed by atoms with Crippen molar-refractivity contribution in [1.82, 2.24) is 5.32 Å². The summed E-state index contributed by atoms with van der Waals surface area (Å²) >= 11 is 0. The van der Waals surface area contributed by atoms with Gasteiger partial charge < -0.3 is 19.7 Å². The topological polar surface area (TPSA) is 50.8 Å². The average Bonchev–Trinajstić information content (AvgIpc) is 3.40. The molecule has 0 saturated carbocycles. The van der Waals surface area contributed by atoms with Crippen molar-refractivity contribution in [3.8, 4) is 11.5 Å². The van der Waals surface area contributed by atoms with Crippen molar-refractivity contribution in [3.63, 3.8) is 0 Å². The second-order valence-corrected chi connectivity index (χ2v) is 9.01. The lowest BCUT2D eigenvalue weighted by Gasteiger charge is -2.36. The summed E-state index contributed by atoms with van der Waals surface area (Å²) in [5, 5.41) is 3.55. The predicted octanol–water partition coefficient (Wildman–Crippen LogP) is 4.33. The Hall–Kier alpha value is -3.05. The second-order valence-electron chi connectivity index (χ2n) is 9.01. The maximum absolute atomic E-state index is 13.3. The molecule has 3 aliphatic rings. The Morgan fingerprint density at radius 2 is 2.10 bits per heavy atom. The Morgan fingerprint density at radius 3 is 2.77 bits per heavy atom. The Labute approximate surface area is 183 Å². The van der Waals surface area contributed by atoms with Gasteiger partial charge in [0.1, 0.15) is 22.7 Å². The first-order valence-corrected chi connectivity index (χ1v) is 10.9. The number of nitrogens with one attached hydrogen (secondary N) is 1. The van der Waals surface area contributed by atoms with Crippen molar-refractivity contribution in [2.45, 2.75) is 38.0 Å². The Morgan fingerprint density at radius 1 is 1.29 bits per heavy atom. The number of methoxy groups -OCH3 is 1. The van der Waals surface area contributed by atoms with Crippen LogP contribution in [0.15, 0.2) is 48.6 Å². The summed E-state index contributed by atoms with van der Waals surface area (Å²) in [5.41, 5.74) is 3.00. The molecule has 2 saturated heterocycles. The molecule has 0 amide bonds. The normalized spacial score (nSPS) is 23.1. The van der Waals surface area contributed by atoms with Crippen LogP contribution >= 0.6 is 0 Å². The number of ketones is 1. The van der Waals surface area contributed by atoms with E-state index in [1.165, 1.54) is 0 Å². The van der Waals surface area contributed by atoms with Crippen LogP contribution in [0.2, 0.25) is 0 Å². The largest absolute Gasteiger partial charge is 0.496 e. The van der Waals surface area contributed by atoms with Gasteiger partial charge in [-0.25, -0.2) is 0 Å². The number of hydrogen-bond donors (Lipinski definition) is 1. The number of anilines is 1. The highest BCUT2D eigenvalue weighted by molar-refractivity contribution is 6.12. The Balaban J connectivity index is 1.60. The van der Waals surface area contributed by atoms with Gasteiger partial charge in [0.05, 0.1) is 12.8 Å². The lowest BCUT2D eigenvalue weighted by Crippen LogP contribution is -2.44. The van der Waals surface area contributed by atoms with Crippen molar-refractivity contribution in [3.05, 3.63) is 65.2 Å². The molecule has 31 heavy (non-hydrogen) atoms. The van der Waals surface area contributed by atoms with Crippen molar-refractivity contribution in [1.29, 1.82) is 0 Å². The maximum atomic E-state index is 13.3. The predicted molar refractivity (Wildman–Crippen MR) is 124 cm³/mol. The summed E-state index contributed by atoms with van der Waals surface area (Å²) in [6.07, 6.45) is 8.74. The summed E-state index contributed by atoms with van der Waals surface area (Å²) < 4.78 is 12.1. The van der Waals surface area contributed by atoms with Gasteiger partial charge in [-0.1, -0.05) is 36.4 Å². The molecule has 3 aliphatic heterocycles. The molecule has 0 radical (unpaired) electrons. The molecular formula is C26H28N2O3. The smallest absolute Gasteiger partial charge is 0.193 e. The first-order valence-electron chi connectivity index (χ1n) is 10.9. The number of allylic oxidation sites excluding steroid dienone is 1. The van der Waals surface area contributed by atoms with Crippen LogP contribution in [0.5, 0.6) is 11.5 Å².